The normalized spacial score (nSPS) is 10.1. The third kappa shape index (κ3) is 3.68. The van der Waals surface area contributed by atoms with Gasteiger partial charge in [0.25, 0.3) is 0 Å². The van der Waals surface area contributed by atoms with Crippen molar-refractivity contribution in [3.63, 3.8) is 0 Å². The van der Waals surface area contributed by atoms with Crippen molar-refractivity contribution in [2.75, 3.05) is 6.61 Å². The van der Waals surface area contributed by atoms with Crippen molar-refractivity contribution >= 4 is 34.2 Å². The van der Waals surface area contributed by atoms with Gasteiger partial charge in [-0.25, -0.2) is 4.98 Å². The zero-order valence-corrected chi connectivity index (χ0v) is 10.3. The van der Waals surface area contributed by atoms with Crippen molar-refractivity contribution in [3.05, 3.63) is 21.0 Å². The van der Waals surface area contributed by atoms with Crippen molar-refractivity contribution in [1.82, 2.24) is 4.98 Å². The molecule has 2 nitrogen and oxygen atoms in total. The maximum Gasteiger partial charge on any atom is 0.151 e. The van der Waals surface area contributed by atoms with E-state index in [0.717, 1.165) is 28.9 Å². The van der Waals surface area contributed by atoms with Crippen LogP contribution in [0.1, 0.15) is 19.8 Å². The summed E-state index contributed by atoms with van der Waals surface area (Å²) in [6.45, 7) is 2.88. The van der Waals surface area contributed by atoms with Gasteiger partial charge in [0.2, 0.25) is 0 Å². The second kappa shape index (κ2) is 5.65. The van der Waals surface area contributed by atoms with Crippen LogP contribution in [-0.2, 0) is 0 Å². The summed E-state index contributed by atoms with van der Waals surface area (Å²) in [5, 5.41) is 0.507. The Kier molecular flexibility index (Phi) is 4.80. The van der Waals surface area contributed by atoms with Gasteiger partial charge >= 0.3 is 0 Å². The summed E-state index contributed by atoms with van der Waals surface area (Å²) in [6.07, 6.45) is 2.20. The smallest absolute Gasteiger partial charge is 0.151 e. The standard InChI is InChI=1S/C9H11ClINO/c1-2-3-6-13-7-4-5-8(10)12-9(7)11/h4-5H,2-3,6H2,1H3. The first-order valence-corrected chi connectivity index (χ1v) is 5.64. The Bertz CT molecular complexity index is 280. The fourth-order valence-electron chi connectivity index (χ4n) is 0.833. The highest BCUT2D eigenvalue weighted by molar-refractivity contribution is 14.1. The number of hydrogen-bond acceptors (Lipinski definition) is 2. The summed E-state index contributed by atoms with van der Waals surface area (Å²) in [5.74, 6) is 0.818. The molecule has 1 heterocycles. The number of pyridine rings is 1. The van der Waals surface area contributed by atoms with Crippen molar-refractivity contribution in [2.24, 2.45) is 0 Å². The molecule has 13 heavy (non-hydrogen) atoms. The van der Waals surface area contributed by atoms with E-state index >= 15 is 0 Å². The van der Waals surface area contributed by atoms with Crippen LogP contribution in [0.4, 0.5) is 0 Å². The zero-order chi connectivity index (χ0) is 9.68. The van der Waals surface area contributed by atoms with Gasteiger partial charge in [-0.05, 0) is 41.1 Å². The van der Waals surface area contributed by atoms with Crippen molar-refractivity contribution in [2.45, 2.75) is 19.8 Å². The van der Waals surface area contributed by atoms with E-state index in [2.05, 4.69) is 34.5 Å². The third-order valence-electron chi connectivity index (χ3n) is 1.54. The Labute approximate surface area is 96.8 Å². The van der Waals surface area contributed by atoms with Crippen LogP contribution in [0.2, 0.25) is 5.15 Å². The lowest BCUT2D eigenvalue weighted by atomic mass is 10.4. The highest BCUT2D eigenvalue weighted by Gasteiger charge is 2.02. The Morgan fingerprint density at radius 1 is 1.54 bits per heavy atom. The summed E-state index contributed by atoms with van der Waals surface area (Å²) in [6, 6.07) is 3.60. The predicted octanol–water partition coefficient (Wildman–Crippen LogP) is 3.52. The van der Waals surface area contributed by atoms with Gasteiger partial charge in [0.1, 0.15) is 8.85 Å². The lowest BCUT2D eigenvalue weighted by Gasteiger charge is -2.06. The summed E-state index contributed by atoms with van der Waals surface area (Å²) in [4.78, 5) is 4.08. The predicted molar refractivity (Wildman–Crippen MR) is 62.4 cm³/mol. The number of halogens is 2. The molecule has 4 heteroatoms. The van der Waals surface area contributed by atoms with Crippen LogP contribution >= 0.6 is 34.2 Å². The molecule has 0 spiro atoms. The van der Waals surface area contributed by atoms with Gasteiger partial charge in [0.05, 0.1) is 6.61 Å². The van der Waals surface area contributed by atoms with E-state index in [1.54, 1.807) is 6.07 Å². The Hall–Kier alpha value is -0.0300. The SMILES string of the molecule is CCCCOc1ccc(Cl)nc1I. The van der Waals surface area contributed by atoms with Crippen molar-refractivity contribution in [1.29, 1.82) is 0 Å². The molecular formula is C9H11ClINO. The van der Waals surface area contributed by atoms with Gasteiger partial charge in [0.15, 0.2) is 5.75 Å². The minimum atomic E-state index is 0.507. The maximum absolute atomic E-state index is 5.71. The van der Waals surface area contributed by atoms with Crippen molar-refractivity contribution in [3.8, 4) is 5.75 Å². The average Bonchev–Trinajstić information content (AvgIpc) is 2.09. The molecule has 0 unspecified atom stereocenters. The van der Waals surface area contributed by atoms with Crippen LogP contribution in [0.5, 0.6) is 5.75 Å². The maximum atomic E-state index is 5.71. The molecule has 0 aromatic carbocycles. The van der Waals surface area contributed by atoms with Gasteiger partial charge in [0, 0.05) is 0 Å². The molecule has 1 aromatic heterocycles. The average molecular weight is 312 g/mol. The Morgan fingerprint density at radius 2 is 2.31 bits per heavy atom. The molecule has 72 valence electrons. The molecule has 0 aliphatic rings. The van der Waals surface area contributed by atoms with E-state index in [9.17, 15) is 0 Å². The summed E-state index contributed by atoms with van der Waals surface area (Å²) >= 11 is 7.82. The molecule has 1 rings (SSSR count). The number of aromatic nitrogens is 1. The second-order valence-electron chi connectivity index (χ2n) is 2.62. The highest BCUT2D eigenvalue weighted by Crippen LogP contribution is 2.20. The van der Waals surface area contributed by atoms with Gasteiger partial charge in [-0.2, -0.15) is 0 Å². The van der Waals surface area contributed by atoms with Crippen LogP contribution < -0.4 is 4.74 Å². The fourth-order valence-corrected chi connectivity index (χ4v) is 1.72. The fraction of sp³-hybridized carbons (Fsp3) is 0.444. The second-order valence-corrected chi connectivity index (χ2v) is 4.03. The van der Waals surface area contributed by atoms with E-state index in [1.165, 1.54) is 0 Å². The minimum Gasteiger partial charge on any atom is -0.491 e. The molecule has 0 saturated carbocycles. The molecule has 0 fully saturated rings. The number of hydrogen-bond donors (Lipinski definition) is 0. The van der Waals surface area contributed by atoms with Crippen LogP contribution in [0.15, 0.2) is 12.1 Å². The van der Waals surface area contributed by atoms with Gasteiger partial charge in [-0.3, -0.25) is 0 Å². The van der Waals surface area contributed by atoms with E-state index in [-0.39, 0.29) is 0 Å². The molecule has 0 bridgehead atoms. The molecule has 0 amide bonds. The summed E-state index contributed by atoms with van der Waals surface area (Å²) in [5.41, 5.74) is 0. The Balaban J connectivity index is 2.56. The van der Waals surface area contributed by atoms with E-state index in [0.29, 0.717) is 5.15 Å². The molecule has 0 aliphatic carbocycles. The summed E-state index contributed by atoms with van der Waals surface area (Å²) in [7, 11) is 0. The number of unbranched alkanes of at least 4 members (excludes halogenated alkanes) is 1. The van der Waals surface area contributed by atoms with E-state index in [4.69, 9.17) is 16.3 Å². The first kappa shape index (κ1) is 11.0. The monoisotopic (exact) mass is 311 g/mol. The van der Waals surface area contributed by atoms with E-state index < -0.39 is 0 Å². The minimum absolute atomic E-state index is 0.507. The van der Waals surface area contributed by atoms with Gasteiger partial charge in [-0.1, -0.05) is 24.9 Å². The zero-order valence-electron chi connectivity index (χ0n) is 7.39. The van der Waals surface area contributed by atoms with Crippen LogP contribution in [0.25, 0.3) is 0 Å². The molecule has 0 N–H and O–H groups in total. The van der Waals surface area contributed by atoms with Gasteiger partial charge in [-0.15, -0.1) is 0 Å². The van der Waals surface area contributed by atoms with Crippen molar-refractivity contribution < 1.29 is 4.74 Å². The first-order chi connectivity index (χ1) is 6.24. The molecular weight excluding hydrogens is 300 g/mol. The lowest BCUT2D eigenvalue weighted by Crippen LogP contribution is -1.99. The number of ether oxygens (including phenoxy) is 1. The largest absolute Gasteiger partial charge is 0.491 e. The number of nitrogens with zero attached hydrogens (tertiary/aromatic N) is 1. The Morgan fingerprint density at radius 3 is 2.92 bits per heavy atom. The van der Waals surface area contributed by atoms with Gasteiger partial charge < -0.3 is 4.74 Å². The molecule has 0 radical (unpaired) electrons. The van der Waals surface area contributed by atoms with Crippen LogP contribution in [0, 0.1) is 3.70 Å². The number of rotatable bonds is 4. The lowest BCUT2D eigenvalue weighted by molar-refractivity contribution is 0.306. The molecule has 0 saturated heterocycles. The summed E-state index contributed by atoms with van der Waals surface area (Å²) < 4.78 is 6.32. The first-order valence-electron chi connectivity index (χ1n) is 4.19. The molecule has 0 atom stereocenters. The molecule has 0 aliphatic heterocycles. The molecule has 1 aromatic rings. The highest BCUT2D eigenvalue weighted by atomic mass is 127. The van der Waals surface area contributed by atoms with Crippen LogP contribution in [-0.4, -0.2) is 11.6 Å². The quantitative estimate of drug-likeness (QED) is 0.482. The topological polar surface area (TPSA) is 22.1 Å². The van der Waals surface area contributed by atoms with Crippen LogP contribution in [0.3, 0.4) is 0 Å². The third-order valence-corrected chi connectivity index (χ3v) is 2.52. The van der Waals surface area contributed by atoms with E-state index in [1.807, 2.05) is 6.07 Å².